The molecule has 0 bridgehead atoms. The van der Waals surface area contributed by atoms with Gasteiger partial charge in [-0.3, -0.25) is 9.69 Å². The standard InChI is InChI=1S/C14H18ClN3O/c1-11(12-4-6-13(15)7-5-12)18(2)10-14(19)17-9-3-8-16/h4-7,11H,3,9-10H2,1-2H3,(H,17,19)/t11-/m0/s1. The van der Waals surface area contributed by atoms with Crippen molar-refractivity contribution in [3.8, 4) is 6.07 Å². The van der Waals surface area contributed by atoms with Gasteiger partial charge < -0.3 is 5.32 Å². The predicted molar refractivity (Wildman–Crippen MR) is 75.7 cm³/mol. The van der Waals surface area contributed by atoms with Gasteiger partial charge in [0.15, 0.2) is 0 Å². The van der Waals surface area contributed by atoms with E-state index in [2.05, 4.69) is 5.32 Å². The molecule has 0 saturated carbocycles. The van der Waals surface area contributed by atoms with Gasteiger partial charge in [0.25, 0.3) is 0 Å². The minimum Gasteiger partial charge on any atom is -0.354 e. The van der Waals surface area contributed by atoms with E-state index >= 15 is 0 Å². The first kappa shape index (κ1) is 15.5. The van der Waals surface area contributed by atoms with Crippen LogP contribution in [-0.2, 0) is 4.79 Å². The summed E-state index contributed by atoms with van der Waals surface area (Å²) in [6.07, 6.45) is 0.336. The van der Waals surface area contributed by atoms with Crippen molar-refractivity contribution in [3.05, 3.63) is 34.9 Å². The molecule has 0 spiro atoms. The Bertz CT molecular complexity index is 453. The van der Waals surface area contributed by atoms with Crippen LogP contribution in [0.5, 0.6) is 0 Å². The number of nitriles is 1. The van der Waals surface area contributed by atoms with E-state index in [9.17, 15) is 4.79 Å². The first-order valence-electron chi connectivity index (χ1n) is 6.14. The second-order valence-corrected chi connectivity index (χ2v) is 4.84. The number of halogens is 1. The number of benzene rings is 1. The lowest BCUT2D eigenvalue weighted by Crippen LogP contribution is -2.36. The predicted octanol–water partition coefficient (Wildman–Crippen LogP) is 2.36. The molecule has 0 aromatic heterocycles. The third-order valence-electron chi connectivity index (χ3n) is 2.97. The molecule has 0 aliphatic rings. The lowest BCUT2D eigenvalue weighted by Gasteiger charge is -2.24. The summed E-state index contributed by atoms with van der Waals surface area (Å²) in [5, 5.41) is 11.8. The molecule has 1 rings (SSSR count). The molecule has 0 heterocycles. The molecule has 5 heteroatoms. The van der Waals surface area contributed by atoms with Gasteiger partial charge in [-0.05, 0) is 31.7 Å². The summed E-state index contributed by atoms with van der Waals surface area (Å²) in [6, 6.07) is 9.71. The summed E-state index contributed by atoms with van der Waals surface area (Å²) in [5.74, 6) is -0.0708. The van der Waals surface area contributed by atoms with Crippen LogP contribution in [-0.4, -0.2) is 30.9 Å². The third-order valence-corrected chi connectivity index (χ3v) is 3.22. The van der Waals surface area contributed by atoms with Crippen molar-refractivity contribution in [3.63, 3.8) is 0 Å². The van der Waals surface area contributed by atoms with E-state index in [-0.39, 0.29) is 11.9 Å². The van der Waals surface area contributed by atoms with E-state index in [1.54, 1.807) is 0 Å². The Morgan fingerprint density at radius 1 is 1.47 bits per heavy atom. The van der Waals surface area contributed by atoms with E-state index in [0.29, 0.717) is 24.5 Å². The van der Waals surface area contributed by atoms with Gasteiger partial charge >= 0.3 is 0 Å². The molecule has 0 aliphatic carbocycles. The van der Waals surface area contributed by atoms with Crippen LogP contribution in [0.25, 0.3) is 0 Å². The second-order valence-electron chi connectivity index (χ2n) is 4.40. The van der Waals surface area contributed by atoms with Gasteiger partial charge in [-0.1, -0.05) is 23.7 Å². The highest BCUT2D eigenvalue weighted by Crippen LogP contribution is 2.20. The minimum atomic E-state index is -0.0708. The van der Waals surface area contributed by atoms with Gasteiger partial charge in [-0.25, -0.2) is 0 Å². The van der Waals surface area contributed by atoms with Crippen molar-refractivity contribution < 1.29 is 4.79 Å². The van der Waals surface area contributed by atoms with Gasteiger partial charge in [-0.2, -0.15) is 5.26 Å². The van der Waals surface area contributed by atoms with Crippen LogP contribution < -0.4 is 5.32 Å². The topological polar surface area (TPSA) is 56.1 Å². The van der Waals surface area contributed by atoms with Crippen molar-refractivity contribution in [2.45, 2.75) is 19.4 Å². The Balaban J connectivity index is 2.48. The zero-order chi connectivity index (χ0) is 14.3. The fourth-order valence-corrected chi connectivity index (χ4v) is 1.80. The highest BCUT2D eigenvalue weighted by Gasteiger charge is 2.14. The molecule has 19 heavy (non-hydrogen) atoms. The highest BCUT2D eigenvalue weighted by molar-refractivity contribution is 6.30. The zero-order valence-electron chi connectivity index (χ0n) is 11.2. The molecule has 1 aromatic carbocycles. The molecule has 102 valence electrons. The Morgan fingerprint density at radius 3 is 2.68 bits per heavy atom. The van der Waals surface area contributed by atoms with Crippen LogP contribution in [0.4, 0.5) is 0 Å². The number of hydrogen-bond acceptors (Lipinski definition) is 3. The summed E-state index contributed by atoms with van der Waals surface area (Å²) in [7, 11) is 1.89. The number of carbonyl (C=O) groups excluding carboxylic acids is 1. The molecular weight excluding hydrogens is 262 g/mol. The van der Waals surface area contributed by atoms with Crippen LogP contribution in [0, 0.1) is 11.3 Å². The lowest BCUT2D eigenvalue weighted by atomic mass is 10.1. The van der Waals surface area contributed by atoms with Crippen molar-refractivity contribution in [1.29, 1.82) is 5.26 Å². The summed E-state index contributed by atoms with van der Waals surface area (Å²) in [4.78, 5) is 13.6. The molecule has 1 amide bonds. The molecule has 0 saturated heterocycles. The number of nitrogens with zero attached hydrogens (tertiary/aromatic N) is 2. The van der Waals surface area contributed by atoms with Crippen molar-refractivity contribution in [2.75, 3.05) is 20.1 Å². The van der Waals surface area contributed by atoms with Crippen molar-refractivity contribution in [2.24, 2.45) is 0 Å². The van der Waals surface area contributed by atoms with E-state index in [1.165, 1.54) is 0 Å². The van der Waals surface area contributed by atoms with Crippen LogP contribution in [0.1, 0.15) is 24.9 Å². The normalized spacial score (nSPS) is 11.9. The number of nitrogens with one attached hydrogen (secondary N) is 1. The molecule has 0 aliphatic heterocycles. The molecule has 0 unspecified atom stereocenters. The molecule has 0 radical (unpaired) electrons. The number of likely N-dealkylation sites (N-methyl/N-ethyl adjacent to an activating group) is 1. The second kappa shape index (κ2) is 7.78. The first-order chi connectivity index (χ1) is 9.04. The SMILES string of the molecule is C[C@@H](c1ccc(Cl)cc1)N(C)CC(=O)NCCC#N. The Hall–Kier alpha value is -1.57. The van der Waals surface area contributed by atoms with Gasteiger partial charge in [0.05, 0.1) is 19.0 Å². The molecular formula is C14H18ClN3O. The maximum Gasteiger partial charge on any atom is 0.234 e. The average molecular weight is 280 g/mol. The monoisotopic (exact) mass is 279 g/mol. The van der Waals surface area contributed by atoms with Gasteiger partial charge in [-0.15, -0.1) is 0 Å². The number of amides is 1. The van der Waals surface area contributed by atoms with E-state index in [0.717, 1.165) is 5.56 Å². The summed E-state index contributed by atoms with van der Waals surface area (Å²) in [6.45, 7) is 2.74. The number of carbonyl (C=O) groups is 1. The Morgan fingerprint density at radius 2 is 2.11 bits per heavy atom. The van der Waals surface area contributed by atoms with E-state index in [1.807, 2.05) is 49.2 Å². The van der Waals surface area contributed by atoms with Gasteiger partial charge in [0.2, 0.25) is 5.91 Å². The third kappa shape index (κ3) is 5.29. The van der Waals surface area contributed by atoms with Crippen molar-refractivity contribution >= 4 is 17.5 Å². The molecule has 1 atom stereocenters. The maximum absolute atomic E-state index is 11.6. The molecule has 0 fully saturated rings. The van der Waals surface area contributed by atoms with Crippen LogP contribution >= 0.6 is 11.6 Å². The Labute approximate surface area is 119 Å². The van der Waals surface area contributed by atoms with Gasteiger partial charge in [0, 0.05) is 17.6 Å². The molecule has 1 aromatic rings. The summed E-state index contributed by atoms with van der Waals surface area (Å²) >= 11 is 5.85. The summed E-state index contributed by atoms with van der Waals surface area (Å²) < 4.78 is 0. The first-order valence-corrected chi connectivity index (χ1v) is 6.51. The van der Waals surface area contributed by atoms with E-state index in [4.69, 9.17) is 16.9 Å². The fraction of sp³-hybridized carbons (Fsp3) is 0.429. The number of rotatable bonds is 6. The Kier molecular flexibility index (Phi) is 6.34. The quantitative estimate of drug-likeness (QED) is 0.814. The van der Waals surface area contributed by atoms with Crippen LogP contribution in [0.15, 0.2) is 24.3 Å². The van der Waals surface area contributed by atoms with E-state index < -0.39 is 0 Å². The van der Waals surface area contributed by atoms with Crippen LogP contribution in [0.2, 0.25) is 5.02 Å². The summed E-state index contributed by atoms with van der Waals surface area (Å²) in [5.41, 5.74) is 1.11. The van der Waals surface area contributed by atoms with Gasteiger partial charge in [0.1, 0.15) is 0 Å². The largest absolute Gasteiger partial charge is 0.354 e. The highest BCUT2D eigenvalue weighted by atomic mass is 35.5. The maximum atomic E-state index is 11.6. The average Bonchev–Trinajstić information content (AvgIpc) is 2.39. The zero-order valence-corrected chi connectivity index (χ0v) is 11.9. The van der Waals surface area contributed by atoms with Crippen LogP contribution in [0.3, 0.4) is 0 Å². The fourth-order valence-electron chi connectivity index (χ4n) is 1.67. The van der Waals surface area contributed by atoms with Crippen molar-refractivity contribution in [1.82, 2.24) is 10.2 Å². The lowest BCUT2D eigenvalue weighted by molar-refractivity contribution is -0.122. The minimum absolute atomic E-state index is 0.0708. The molecule has 1 N–H and O–H groups in total. The smallest absolute Gasteiger partial charge is 0.234 e. The molecule has 4 nitrogen and oxygen atoms in total. The number of hydrogen-bond donors (Lipinski definition) is 1.